The Morgan fingerprint density at radius 2 is 2.27 bits per heavy atom. The zero-order valence-corrected chi connectivity index (χ0v) is 9.54. The van der Waals surface area contributed by atoms with Gasteiger partial charge in [-0.1, -0.05) is 37.6 Å². The summed E-state index contributed by atoms with van der Waals surface area (Å²) in [7, 11) is 0. The first kappa shape index (κ1) is 10.5. The molecular formula is C12H13ClO2. The van der Waals surface area contributed by atoms with Gasteiger partial charge in [0.1, 0.15) is 5.75 Å². The zero-order chi connectivity index (χ0) is 11.0. The lowest BCUT2D eigenvalue weighted by Crippen LogP contribution is -2.29. The molecule has 2 nitrogen and oxygen atoms in total. The molecular weight excluding hydrogens is 212 g/mol. The summed E-state index contributed by atoms with van der Waals surface area (Å²) in [5.41, 5.74) is 1.03. The minimum absolute atomic E-state index is 0.00286. The Bertz CT molecular complexity index is 399. The van der Waals surface area contributed by atoms with E-state index in [2.05, 4.69) is 0 Å². The smallest absolute Gasteiger partial charge is 0.176 e. The van der Waals surface area contributed by atoms with Gasteiger partial charge in [-0.25, -0.2) is 0 Å². The Hall–Kier alpha value is -1.02. The van der Waals surface area contributed by atoms with Crippen molar-refractivity contribution in [2.24, 2.45) is 5.92 Å². The van der Waals surface area contributed by atoms with E-state index in [1.54, 1.807) is 6.07 Å². The van der Waals surface area contributed by atoms with E-state index in [0.29, 0.717) is 17.2 Å². The molecule has 80 valence electrons. The molecule has 1 atom stereocenters. The first-order valence-corrected chi connectivity index (χ1v) is 5.45. The van der Waals surface area contributed by atoms with E-state index in [9.17, 15) is 4.79 Å². The summed E-state index contributed by atoms with van der Waals surface area (Å²) in [5.74, 6) is 0.823. The maximum absolute atomic E-state index is 11.8. The van der Waals surface area contributed by atoms with Crippen LogP contribution in [0.25, 0.3) is 0 Å². The number of hydrogen-bond donors (Lipinski definition) is 0. The Labute approximate surface area is 94.2 Å². The van der Waals surface area contributed by atoms with Crippen molar-refractivity contribution >= 4 is 17.4 Å². The third kappa shape index (κ3) is 1.86. The van der Waals surface area contributed by atoms with Crippen molar-refractivity contribution in [1.82, 2.24) is 0 Å². The van der Waals surface area contributed by atoms with Crippen molar-refractivity contribution in [3.8, 4) is 5.75 Å². The molecule has 1 heterocycles. The maximum atomic E-state index is 11.8. The molecule has 0 bridgehead atoms. The van der Waals surface area contributed by atoms with Crippen LogP contribution in [0, 0.1) is 5.92 Å². The molecule has 0 spiro atoms. The first-order chi connectivity index (χ1) is 7.09. The van der Waals surface area contributed by atoms with Crippen molar-refractivity contribution in [1.29, 1.82) is 0 Å². The van der Waals surface area contributed by atoms with Gasteiger partial charge in [0.05, 0.1) is 5.02 Å². The highest BCUT2D eigenvalue weighted by Crippen LogP contribution is 2.36. The largest absolute Gasteiger partial charge is 0.480 e. The van der Waals surface area contributed by atoms with Crippen LogP contribution < -0.4 is 4.74 Å². The lowest BCUT2D eigenvalue weighted by molar-refractivity contribution is -0.128. The summed E-state index contributed by atoms with van der Waals surface area (Å²) in [5, 5.41) is 0.589. The summed E-state index contributed by atoms with van der Waals surface area (Å²) in [6.45, 7) is 3.77. The van der Waals surface area contributed by atoms with Crippen LogP contribution in [0.5, 0.6) is 5.75 Å². The maximum Gasteiger partial charge on any atom is 0.176 e. The number of rotatable bonds is 2. The second-order valence-electron chi connectivity index (χ2n) is 4.10. The molecule has 0 aliphatic carbocycles. The monoisotopic (exact) mass is 224 g/mol. The minimum atomic E-state index is -0.347. The third-order valence-electron chi connectivity index (χ3n) is 2.60. The summed E-state index contributed by atoms with van der Waals surface area (Å²) in [6.07, 6.45) is 0.298. The Morgan fingerprint density at radius 1 is 1.53 bits per heavy atom. The normalized spacial score (nSPS) is 18.8. The minimum Gasteiger partial charge on any atom is -0.480 e. The van der Waals surface area contributed by atoms with Gasteiger partial charge >= 0.3 is 0 Å². The van der Waals surface area contributed by atoms with Crippen molar-refractivity contribution in [3.05, 3.63) is 28.8 Å². The van der Waals surface area contributed by atoms with Gasteiger partial charge in [0.25, 0.3) is 0 Å². The van der Waals surface area contributed by atoms with Crippen LogP contribution in [0.4, 0.5) is 0 Å². The van der Waals surface area contributed by atoms with Crippen molar-refractivity contribution in [3.63, 3.8) is 0 Å². The third-order valence-corrected chi connectivity index (χ3v) is 2.90. The highest BCUT2D eigenvalue weighted by atomic mass is 35.5. The van der Waals surface area contributed by atoms with Crippen molar-refractivity contribution in [2.45, 2.75) is 26.4 Å². The van der Waals surface area contributed by atoms with Gasteiger partial charge in [0.15, 0.2) is 11.9 Å². The molecule has 0 radical (unpaired) electrons. The molecule has 0 fully saturated rings. The second kappa shape index (κ2) is 3.86. The van der Waals surface area contributed by atoms with Gasteiger partial charge in [-0.05, 0) is 11.6 Å². The molecule has 0 saturated carbocycles. The van der Waals surface area contributed by atoms with Gasteiger partial charge in [-0.3, -0.25) is 4.79 Å². The number of carbonyl (C=O) groups excluding carboxylic acids is 1. The van der Waals surface area contributed by atoms with Gasteiger partial charge in [0.2, 0.25) is 0 Å². The standard InChI is InChI=1S/C12H13ClO2/c1-7(2)11(14)10-6-8-4-3-5-9(13)12(8)15-10/h3-5,7,10H,6H2,1-2H3. The Kier molecular flexibility index (Phi) is 2.70. The van der Waals surface area contributed by atoms with Crippen LogP contribution >= 0.6 is 11.6 Å². The lowest BCUT2D eigenvalue weighted by atomic mass is 10.0. The molecule has 2 rings (SSSR count). The fourth-order valence-corrected chi connectivity index (χ4v) is 2.00. The highest BCUT2D eigenvalue weighted by molar-refractivity contribution is 6.32. The molecule has 1 aromatic rings. The number of ketones is 1. The number of ether oxygens (including phenoxy) is 1. The number of halogens is 1. The van der Waals surface area contributed by atoms with E-state index in [-0.39, 0.29) is 17.8 Å². The predicted octanol–water partition coefficient (Wildman–Crippen LogP) is 2.87. The van der Waals surface area contributed by atoms with E-state index in [1.165, 1.54) is 0 Å². The number of benzene rings is 1. The number of fused-ring (bicyclic) bond motifs is 1. The second-order valence-corrected chi connectivity index (χ2v) is 4.50. The molecule has 1 aliphatic rings. The first-order valence-electron chi connectivity index (χ1n) is 5.07. The number of para-hydroxylation sites is 1. The molecule has 1 aliphatic heterocycles. The van der Waals surface area contributed by atoms with Crippen LogP contribution in [-0.2, 0) is 11.2 Å². The molecule has 0 amide bonds. The van der Waals surface area contributed by atoms with E-state index in [1.807, 2.05) is 26.0 Å². The Morgan fingerprint density at radius 3 is 2.87 bits per heavy atom. The molecule has 0 aromatic heterocycles. The summed E-state index contributed by atoms with van der Waals surface area (Å²) in [6, 6.07) is 5.62. The molecule has 15 heavy (non-hydrogen) atoms. The fraction of sp³-hybridized carbons (Fsp3) is 0.417. The molecule has 1 aromatic carbocycles. The Balaban J connectivity index is 2.23. The summed E-state index contributed by atoms with van der Waals surface area (Å²) < 4.78 is 5.58. The van der Waals surface area contributed by atoms with Gasteiger partial charge in [0, 0.05) is 12.3 Å². The van der Waals surface area contributed by atoms with E-state index >= 15 is 0 Å². The predicted molar refractivity (Wildman–Crippen MR) is 59.4 cm³/mol. The zero-order valence-electron chi connectivity index (χ0n) is 8.79. The van der Waals surface area contributed by atoms with Gasteiger partial charge in [-0.15, -0.1) is 0 Å². The van der Waals surface area contributed by atoms with Crippen LogP contribution in [0.1, 0.15) is 19.4 Å². The average Bonchev–Trinajstić information content (AvgIpc) is 2.61. The SMILES string of the molecule is CC(C)C(=O)C1Cc2cccc(Cl)c2O1. The molecule has 3 heteroatoms. The van der Waals surface area contributed by atoms with Gasteiger partial charge in [-0.2, -0.15) is 0 Å². The summed E-state index contributed by atoms with van der Waals surface area (Å²) in [4.78, 5) is 11.8. The quantitative estimate of drug-likeness (QED) is 0.772. The summed E-state index contributed by atoms with van der Waals surface area (Å²) >= 11 is 5.98. The van der Waals surface area contributed by atoms with Crippen LogP contribution in [0.3, 0.4) is 0 Å². The topological polar surface area (TPSA) is 26.3 Å². The van der Waals surface area contributed by atoms with Crippen LogP contribution in [-0.4, -0.2) is 11.9 Å². The molecule has 1 unspecified atom stereocenters. The number of Topliss-reactive ketones (excluding diaryl/α,β-unsaturated/α-hetero) is 1. The molecule has 0 N–H and O–H groups in total. The average molecular weight is 225 g/mol. The number of carbonyl (C=O) groups is 1. The lowest BCUT2D eigenvalue weighted by Gasteiger charge is -2.11. The van der Waals surface area contributed by atoms with Crippen LogP contribution in [0.15, 0.2) is 18.2 Å². The highest BCUT2D eigenvalue weighted by Gasteiger charge is 2.31. The number of hydrogen-bond acceptors (Lipinski definition) is 2. The van der Waals surface area contributed by atoms with E-state index in [4.69, 9.17) is 16.3 Å². The van der Waals surface area contributed by atoms with Crippen LogP contribution in [0.2, 0.25) is 5.02 Å². The molecule has 0 saturated heterocycles. The van der Waals surface area contributed by atoms with Crippen molar-refractivity contribution < 1.29 is 9.53 Å². The van der Waals surface area contributed by atoms with Gasteiger partial charge < -0.3 is 4.74 Å². The van der Waals surface area contributed by atoms with E-state index in [0.717, 1.165) is 5.56 Å². The van der Waals surface area contributed by atoms with E-state index < -0.39 is 0 Å². The van der Waals surface area contributed by atoms with Crippen molar-refractivity contribution in [2.75, 3.05) is 0 Å². The fourth-order valence-electron chi connectivity index (χ4n) is 1.76.